The molecule has 4 rings (SSSR count). The third-order valence-corrected chi connectivity index (χ3v) is 5.64. The Bertz CT molecular complexity index is 1200. The van der Waals surface area contributed by atoms with Gasteiger partial charge in [0.25, 0.3) is 5.56 Å². The van der Waals surface area contributed by atoms with Gasteiger partial charge in [0.05, 0.1) is 28.6 Å². The van der Waals surface area contributed by atoms with E-state index in [9.17, 15) is 23.1 Å². The zero-order chi connectivity index (χ0) is 23.1. The lowest BCUT2D eigenvalue weighted by Gasteiger charge is -2.35. The monoisotopic (exact) mass is 448 g/mol. The van der Waals surface area contributed by atoms with Crippen molar-refractivity contribution in [2.24, 2.45) is 0 Å². The van der Waals surface area contributed by atoms with Crippen LogP contribution in [0.5, 0.6) is 0 Å². The Morgan fingerprint density at radius 1 is 1.28 bits per heavy atom. The van der Waals surface area contributed by atoms with Gasteiger partial charge in [0.1, 0.15) is 11.6 Å². The number of nitrogens with zero attached hydrogens (tertiary/aromatic N) is 3. The van der Waals surface area contributed by atoms with E-state index >= 15 is 0 Å². The number of hydrogen-bond acceptors (Lipinski definition) is 6. The number of aliphatic hydroxyl groups is 1. The maximum absolute atomic E-state index is 13.0. The molecule has 7 nitrogen and oxygen atoms in total. The molecule has 1 saturated heterocycles. The molecule has 2 N–H and O–H groups in total. The highest BCUT2D eigenvalue weighted by atomic mass is 19.4. The maximum atomic E-state index is 13.0. The SMILES string of the molecule is Cc1nc(N[C@H](O)c2cccc(C(F)(F)F)c2)c2cn(C3(C)CCCOC3)c(=O)cc2n1. The molecule has 3 heterocycles. The van der Waals surface area contributed by atoms with Gasteiger partial charge in [0.15, 0.2) is 6.23 Å². The van der Waals surface area contributed by atoms with Gasteiger partial charge >= 0.3 is 6.18 Å². The van der Waals surface area contributed by atoms with Gasteiger partial charge in [0, 0.05) is 24.4 Å². The summed E-state index contributed by atoms with van der Waals surface area (Å²) in [5, 5.41) is 13.8. The molecule has 0 bridgehead atoms. The van der Waals surface area contributed by atoms with Gasteiger partial charge in [0.2, 0.25) is 0 Å². The Morgan fingerprint density at radius 3 is 2.75 bits per heavy atom. The summed E-state index contributed by atoms with van der Waals surface area (Å²) in [4.78, 5) is 21.4. The van der Waals surface area contributed by atoms with Crippen LogP contribution in [0, 0.1) is 6.92 Å². The second-order valence-electron chi connectivity index (χ2n) is 8.22. The number of fused-ring (bicyclic) bond motifs is 1. The molecule has 0 aliphatic carbocycles. The van der Waals surface area contributed by atoms with Crippen molar-refractivity contribution in [2.45, 2.75) is 44.6 Å². The third-order valence-electron chi connectivity index (χ3n) is 5.64. The van der Waals surface area contributed by atoms with Crippen molar-refractivity contribution in [3.8, 4) is 0 Å². The summed E-state index contributed by atoms with van der Waals surface area (Å²) in [6, 6.07) is 5.83. The molecule has 10 heteroatoms. The molecule has 170 valence electrons. The highest BCUT2D eigenvalue weighted by Crippen LogP contribution is 2.32. The number of benzene rings is 1. The van der Waals surface area contributed by atoms with Crippen LogP contribution < -0.4 is 10.9 Å². The molecule has 2 atom stereocenters. The standard InChI is InChI=1S/C22H23F3N4O3/c1-13-26-17-10-18(30)29(21(2)7-4-8-32-12-21)11-16(17)19(27-13)28-20(31)14-5-3-6-15(9-14)22(23,24)25/h3,5-6,9-11,20,31H,4,7-8,12H2,1-2H3,(H,26,27,28)/t20-,21?/m1/s1. The molecular weight excluding hydrogens is 425 g/mol. The van der Waals surface area contributed by atoms with E-state index in [1.54, 1.807) is 17.7 Å². The molecule has 1 fully saturated rings. The van der Waals surface area contributed by atoms with E-state index in [2.05, 4.69) is 15.3 Å². The number of alkyl halides is 3. The average molecular weight is 448 g/mol. The molecule has 32 heavy (non-hydrogen) atoms. The Kier molecular flexibility index (Phi) is 5.68. The smallest absolute Gasteiger partial charge is 0.379 e. The van der Waals surface area contributed by atoms with E-state index in [4.69, 9.17) is 4.74 Å². The Morgan fingerprint density at radius 2 is 2.06 bits per heavy atom. The summed E-state index contributed by atoms with van der Waals surface area (Å²) in [5.41, 5.74) is -1.25. The number of aryl methyl sites for hydroxylation is 1. The van der Waals surface area contributed by atoms with Crippen LogP contribution >= 0.6 is 0 Å². The van der Waals surface area contributed by atoms with Crippen LogP contribution in [0.15, 0.2) is 41.3 Å². The average Bonchev–Trinajstić information content (AvgIpc) is 2.73. The number of aromatic nitrogens is 3. The highest BCUT2D eigenvalue weighted by molar-refractivity contribution is 5.88. The summed E-state index contributed by atoms with van der Waals surface area (Å²) >= 11 is 0. The molecule has 1 aliphatic heterocycles. The largest absolute Gasteiger partial charge is 0.416 e. The number of anilines is 1. The van der Waals surface area contributed by atoms with Crippen LogP contribution in [0.1, 0.15) is 42.9 Å². The van der Waals surface area contributed by atoms with Crippen LogP contribution in [-0.4, -0.2) is 32.9 Å². The first-order valence-electron chi connectivity index (χ1n) is 10.2. The van der Waals surface area contributed by atoms with E-state index < -0.39 is 23.5 Å². The zero-order valence-electron chi connectivity index (χ0n) is 17.6. The quantitative estimate of drug-likeness (QED) is 0.591. The molecule has 0 spiro atoms. The van der Waals surface area contributed by atoms with E-state index in [-0.39, 0.29) is 16.9 Å². The number of nitrogens with one attached hydrogen (secondary N) is 1. The van der Waals surface area contributed by atoms with Crippen LogP contribution in [0.25, 0.3) is 10.9 Å². The van der Waals surface area contributed by atoms with Gasteiger partial charge in [-0.3, -0.25) is 4.79 Å². The summed E-state index contributed by atoms with van der Waals surface area (Å²) in [6.45, 7) is 4.57. The number of pyridine rings is 1. The summed E-state index contributed by atoms with van der Waals surface area (Å²) < 4.78 is 46.3. The summed E-state index contributed by atoms with van der Waals surface area (Å²) in [5.74, 6) is 0.562. The van der Waals surface area contributed by atoms with E-state index in [1.807, 2.05) is 6.92 Å². The van der Waals surface area contributed by atoms with Gasteiger partial charge in [-0.2, -0.15) is 13.2 Å². The zero-order valence-corrected chi connectivity index (χ0v) is 17.6. The summed E-state index contributed by atoms with van der Waals surface area (Å²) in [6.07, 6.45) is -2.80. The first-order valence-corrected chi connectivity index (χ1v) is 10.2. The molecule has 1 aromatic carbocycles. The lowest BCUT2D eigenvalue weighted by Crippen LogP contribution is -2.44. The lowest BCUT2D eigenvalue weighted by molar-refractivity contribution is -0.137. The van der Waals surface area contributed by atoms with Crippen molar-refractivity contribution >= 4 is 16.7 Å². The van der Waals surface area contributed by atoms with Crippen LogP contribution in [0.4, 0.5) is 19.0 Å². The van der Waals surface area contributed by atoms with Crippen molar-refractivity contribution < 1.29 is 23.0 Å². The fraction of sp³-hybridized carbons (Fsp3) is 0.409. The first-order chi connectivity index (χ1) is 15.1. The van der Waals surface area contributed by atoms with E-state index in [0.717, 1.165) is 25.0 Å². The molecule has 2 aromatic heterocycles. The van der Waals surface area contributed by atoms with Gasteiger partial charge < -0.3 is 19.7 Å². The second-order valence-corrected chi connectivity index (χ2v) is 8.22. The minimum Gasteiger partial charge on any atom is -0.379 e. The number of halogens is 3. The van der Waals surface area contributed by atoms with Crippen molar-refractivity contribution in [2.75, 3.05) is 18.5 Å². The van der Waals surface area contributed by atoms with Crippen molar-refractivity contribution in [1.29, 1.82) is 0 Å². The summed E-state index contributed by atoms with van der Waals surface area (Å²) in [7, 11) is 0. The van der Waals surface area contributed by atoms with Crippen molar-refractivity contribution in [3.05, 3.63) is 63.8 Å². The molecule has 0 radical (unpaired) electrons. The highest BCUT2D eigenvalue weighted by Gasteiger charge is 2.32. The maximum Gasteiger partial charge on any atom is 0.416 e. The number of ether oxygens (including phenoxy) is 1. The van der Waals surface area contributed by atoms with Crippen molar-refractivity contribution in [1.82, 2.24) is 14.5 Å². The predicted octanol–water partition coefficient (Wildman–Crippen LogP) is 3.75. The minimum atomic E-state index is -4.53. The molecule has 1 unspecified atom stereocenters. The Labute approximate surface area is 181 Å². The fourth-order valence-electron chi connectivity index (χ4n) is 3.96. The fourth-order valence-corrected chi connectivity index (χ4v) is 3.96. The van der Waals surface area contributed by atoms with Gasteiger partial charge in [-0.05, 0) is 38.8 Å². The number of aliphatic hydroxyl groups excluding tert-OH is 1. The number of rotatable bonds is 4. The Balaban J connectivity index is 1.75. The van der Waals surface area contributed by atoms with Crippen LogP contribution in [0.3, 0.4) is 0 Å². The van der Waals surface area contributed by atoms with Crippen LogP contribution in [0.2, 0.25) is 0 Å². The first kappa shape index (κ1) is 22.2. The lowest BCUT2D eigenvalue weighted by atomic mass is 9.94. The van der Waals surface area contributed by atoms with Gasteiger partial charge in [-0.25, -0.2) is 9.97 Å². The molecule has 1 aliphatic rings. The van der Waals surface area contributed by atoms with E-state index in [1.165, 1.54) is 18.2 Å². The van der Waals surface area contributed by atoms with Gasteiger partial charge in [-0.15, -0.1) is 0 Å². The number of hydrogen-bond donors (Lipinski definition) is 2. The molecule has 3 aromatic rings. The molecule has 0 saturated carbocycles. The predicted molar refractivity (Wildman–Crippen MR) is 112 cm³/mol. The Hall–Kier alpha value is -2.98. The normalized spacial score (nSPS) is 20.3. The van der Waals surface area contributed by atoms with Gasteiger partial charge in [-0.1, -0.05) is 12.1 Å². The second kappa shape index (κ2) is 8.18. The van der Waals surface area contributed by atoms with E-state index in [0.29, 0.717) is 29.9 Å². The third kappa shape index (κ3) is 4.33. The topological polar surface area (TPSA) is 89.3 Å². The van der Waals surface area contributed by atoms with Crippen LogP contribution in [-0.2, 0) is 16.5 Å². The molecular formula is C22H23F3N4O3. The minimum absolute atomic E-state index is 0.0326. The molecule has 0 amide bonds. The van der Waals surface area contributed by atoms with Crippen molar-refractivity contribution in [3.63, 3.8) is 0 Å².